The molecule has 6 nitrogen and oxygen atoms in total. The lowest BCUT2D eigenvalue weighted by Crippen LogP contribution is -2.38. The molecule has 2 aliphatic rings. The van der Waals surface area contributed by atoms with Crippen molar-refractivity contribution in [3.05, 3.63) is 71.3 Å². The molecule has 9 heteroatoms. The Morgan fingerprint density at radius 1 is 1.03 bits per heavy atom. The van der Waals surface area contributed by atoms with Gasteiger partial charge in [0, 0.05) is 61.3 Å². The predicted molar refractivity (Wildman–Crippen MR) is 136 cm³/mol. The van der Waals surface area contributed by atoms with Crippen molar-refractivity contribution in [3.63, 3.8) is 0 Å². The van der Waals surface area contributed by atoms with Gasteiger partial charge in [0.15, 0.2) is 5.69 Å². The van der Waals surface area contributed by atoms with E-state index < -0.39 is 11.9 Å². The molecule has 3 aromatic heterocycles. The lowest BCUT2D eigenvalue weighted by atomic mass is 9.89. The number of alkyl halides is 3. The molecule has 0 N–H and O–H groups in total. The highest BCUT2D eigenvalue weighted by Gasteiger charge is 2.44. The van der Waals surface area contributed by atoms with Crippen LogP contribution in [0.3, 0.4) is 0 Å². The molecule has 37 heavy (non-hydrogen) atoms. The summed E-state index contributed by atoms with van der Waals surface area (Å²) in [7, 11) is 3.60. The quantitative estimate of drug-likeness (QED) is 0.326. The molecule has 2 bridgehead atoms. The Labute approximate surface area is 213 Å². The van der Waals surface area contributed by atoms with Gasteiger partial charge >= 0.3 is 6.18 Å². The summed E-state index contributed by atoms with van der Waals surface area (Å²) in [6.07, 6.45) is 1.11. The highest BCUT2D eigenvalue weighted by Crippen LogP contribution is 2.49. The molecule has 4 aromatic rings. The van der Waals surface area contributed by atoms with E-state index in [2.05, 4.69) is 48.0 Å². The van der Waals surface area contributed by atoms with Crippen LogP contribution in [-0.4, -0.2) is 30.4 Å². The Hall–Kier alpha value is -3.62. The molecule has 192 valence electrons. The zero-order chi connectivity index (χ0) is 26.1. The molecular formula is C28H29F3N6. The van der Waals surface area contributed by atoms with E-state index in [0.717, 1.165) is 37.0 Å². The fraction of sp³-hybridized carbons (Fsp3) is 0.393. The Balaban J connectivity index is 1.37. The van der Waals surface area contributed by atoms with Crippen molar-refractivity contribution in [1.82, 2.24) is 24.3 Å². The van der Waals surface area contributed by atoms with Gasteiger partial charge in [0.1, 0.15) is 11.6 Å². The largest absolute Gasteiger partial charge is 0.434 e. The average Bonchev–Trinajstić information content (AvgIpc) is 3.52. The summed E-state index contributed by atoms with van der Waals surface area (Å²) in [6, 6.07) is 12.7. The zero-order valence-electron chi connectivity index (χ0n) is 21.3. The molecule has 0 aliphatic carbocycles. The smallest absolute Gasteiger partial charge is 0.346 e. The maximum absolute atomic E-state index is 13.1. The fourth-order valence-electron chi connectivity index (χ4n) is 6.06. The first-order chi connectivity index (χ1) is 17.6. The monoisotopic (exact) mass is 506 g/mol. The summed E-state index contributed by atoms with van der Waals surface area (Å²) in [6.45, 7) is 4.41. The van der Waals surface area contributed by atoms with Crippen molar-refractivity contribution in [3.8, 4) is 22.6 Å². The summed E-state index contributed by atoms with van der Waals surface area (Å²) < 4.78 is 42.9. The molecule has 6 rings (SSSR count). The van der Waals surface area contributed by atoms with Crippen molar-refractivity contribution in [2.24, 2.45) is 14.1 Å². The number of aryl methyl sites for hydroxylation is 2. The average molecular weight is 507 g/mol. The van der Waals surface area contributed by atoms with Crippen molar-refractivity contribution in [2.45, 2.75) is 57.3 Å². The lowest BCUT2D eigenvalue weighted by molar-refractivity contribution is -0.140. The minimum Gasteiger partial charge on any atom is -0.346 e. The minimum absolute atomic E-state index is 0.154. The van der Waals surface area contributed by atoms with Gasteiger partial charge in [-0.1, -0.05) is 38.1 Å². The van der Waals surface area contributed by atoms with Gasteiger partial charge in [0.25, 0.3) is 0 Å². The van der Waals surface area contributed by atoms with Gasteiger partial charge < -0.3 is 9.47 Å². The molecule has 2 unspecified atom stereocenters. The van der Waals surface area contributed by atoms with E-state index in [1.807, 2.05) is 23.9 Å². The number of rotatable bonds is 4. The molecule has 1 aromatic carbocycles. The van der Waals surface area contributed by atoms with E-state index in [0.29, 0.717) is 17.5 Å². The molecular weight excluding hydrogens is 477 g/mol. The predicted octanol–water partition coefficient (Wildman–Crippen LogP) is 6.29. The van der Waals surface area contributed by atoms with Crippen molar-refractivity contribution in [1.29, 1.82) is 0 Å². The van der Waals surface area contributed by atoms with E-state index in [1.54, 1.807) is 13.2 Å². The Kier molecular flexibility index (Phi) is 5.43. The van der Waals surface area contributed by atoms with Gasteiger partial charge in [-0.15, -0.1) is 0 Å². The third-order valence-electron chi connectivity index (χ3n) is 7.75. The summed E-state index contributed by atoms with van der Waals surface area (Å²) in [5.41, 5.74) is 5.71. The van der Waals surface area contributed by atoms with Crippen LogP contribution in [0.2, 0.25) is 0 Å². The number of nitrogens with zero attached hydrogens (tertiary/aromatic N) is 6. The highest BCUT2D eigenvalue weighted by molar-refractivity contribution is 5.71. The molecule has 0 spiro atoms. The minimum atomic E-state index is -4.48. The number of hydrogen-bond acceptors (Lipinski definition) is 4. The summed E-state index contributed by atoms with van der Waals surface area (Å²) in [4.78, 5) is 10.9. The van der Waals surface area contributed by atoms with Gasteiger partial charge in [-0.05, 0) is 36.5 Å². The number of benzene rings is 1. The van der Waals surface area contributed by atoms with Crippen molar-refractivity contribution in [2.75, 3.05) is 4.90 Å². The van der Waals surface area contributed by atoms with Crippen LogP contribution in [0.5, 0.6) is 0 Å². The Morgan fingerprint density at radius 3 is 2.49 bits per heavy atom. The van der Waals surface area contributed by atoms with Gasteiger partial charge in [0.05, 0.1) is 11.7 Å². The molecule has 2 atom stereocenters. The second-order valence-corrected chi connectivity index (χ2v) is 10.4. The number of fused-ring (bicyclic) bond motifs is 4. The van der Waals surface area contributed by atoms with E-state index in [1.165, 1.54) is 27.0 Å². The standard InChI is InChI=1S/C28H29F3N6/c1-16(2)19-7-5-6-8-20(19)26-25-21-11-10-18(13-22(25)36(4)34-26)37(21)24-12-9-17(14-32-24)27-33-23(15-35(27)3)28(29,30)31/h5-9,12,14-16,18,21H,10-11,13H2,1-4H3. The number of imidazole rings is 1. The molecule has 0 radical (unpaired) electrons. The first-order valence-corrected chi connectivity index (χ1v) is 12.6. The summed E-state index contributed by atoms with van der Waals surface area (Å²) >= 11 is 0. The van der Waals surface area contributed by atoms with Crippen LogP contribution >= 0.6 is 0 Å². The molecule has 0 saturated carbocycles. The number of pyridine rings is 1. The fourth-order valence-corrected chi connectivity index (χ4v) is 6.06. The Morgan fingerprint density at radius 2 is 1.81 bits per heavy atom. The van der Waals surface area contributed by atoms with Crippen LogP contribution in [-0.2, 0) is 26.7 Å². The SMILES string of the molecule is CC(C)c1ccccc1-c1nn(C)c2c1C1CCC(C2)N1c1ccc(-c2nc(C(F)(F)F)cn2C)cn1. The van der Waals surface area contributed by atoms with Gasteiger partial charge in [-0.2, -0.15) is 18.3 Å². The first-order valence-electron chi connectivity index (χ1n) is 12.6. The first kappa shape index (κ1) is 23.8. The van der Waals surface area contributed by atoms with E-state index in [-0.39, 0.29) is 11.9 Å². The maximum Gasteiger partial charge on any atom is 0.434 e. The van der Waals surface area contributed by atoms with Gasteiger partial charge in [0.2, 0.25) is 0 Å². The van der Waals surface area contributed by atoms with Gasteiger partial charge in [-0.3, -0.25) is 4.68 Å². The van der Waals surface area contributed by atoms with Crippen LogP contribution in [0.1, 0.15) is 61.2 Å². The molecule has 2 aliphatic heterocycles. The Bertz CT molecular complexity index is 1460. The third-order valence-corrected chi connectivity index (χ3v) is 7.75. The van der Waals surface area contributed by atoms with Gasteiger partial charge in [-0.25, -0.2) is 9.97 Å². The lowest BCUT2D eigenvalue weighted by Gasteiger charge is -2.36. The van der Waals surface area contributed by atoms with Crippen LogP contribution in [0, 0.1) is 0 Å². The number of hydrogen-bond donors (Lipinski definition) is 0. The molecule has 1 saturated heterocycles. The third kappa shape index (κ3) is 3.83. The number of anilines is 1. The summed E-state index contributed by atoms with van der Waals surface area (Å²) in [5, 5.41) is 5.00. The number of halogens is 3. The second-order valence-electron chi connectivity index (χ2n) is 10.4. The van der Waals surface area contributed by atoms with Crippen molar-refractivity contribution >= 4 is 5.82 Å². The normalized spacial score (nSPS) is 19.1. The van der Waals surface area contributed by atoms with Crippen molar-refractivity contribution < 1.29 is 13.2 Å². The number of aromatic nitrogens is 5. The topological polar surface area (TPSA) is 51.8 Å². The zero-order valence-corrected chi connectivity index (χ0v) is 21.3. The maximum atomic E-state index is 13.1. The highest BCUT2D eigenvalue weighted by atomic mass is 19.4. The van der Waals surface area contributed by atoms with E-state index in [9.17, 15) is 13.2 Å². The van der Waals surface area contributed by atoms with Crippen LogP contribution in [0.4, 0.5) is 19.0 Å². The summed E-state index contributed by atoms with van der Waals surface area (Å²) in [5.74, 6) is 1.46. The van der Waals surface area contributed by atoms with Crippen LogP contribution < -0.4 is 4.90 Å². The molecule has 1 fully saturated rings. The van der Waals surface area contributed by atoms with Crippen LogP contribution in [0.15, 0.2) is 48.8 Å². The van der Waals surface area contributed by atoms with Crippen LogP contribution in [0.25, 0.3) is 22.6 Å². The van der Waals surface area contributed by atoms with E-state index >= 15 is 0 Å². The second kappa shape index (κ2) is 8.46. The van der Waals surface area contributed by atoms with E-state index in [4.69, 9.17) is 10.1 Å². The molecule has 0 amide bonds. The molecule has 5 heterocycles.